The van der Waals surface area contributed by atoms with Crippen molar-refractivity contribution in [2.24, 2.45) is 5.73 Å². The molecular formula is C20H23FN2O3. The monoisotopic (exact) mass is 358 g/mol. The van der Waals surface area contributed by atoms with Gasteiger partial charge in [-0.3, -0.25) is 4.79 Å². The van der Waals surface area contributed by atoms with Gasteiger partial charge in [0.2, 0.25) is 0 Å². The van der Waals surface area contributed by atoms with Crippen molar-refractivity contribution in [2.75, 3.05) is 6.54 Å². The maximum atomic E-state index is 14.1. The molecule has 26 heavy (non-hydrogen) atoms. The lowest BCUT2D eigenvalue weighted by Gasteiger charge is -2.17. The highest BCUT2D eigenvalue weighted by molar-refractivity contribution is 5.95. The highest BCUT2D eigenvalue weighted by Gasteiger charge is 2.27. The number of hydrogen-bond donors (Lipinski definition) is 3. The summed E-state index contributed by atoms with van der Waals surface area (Å²) in [6.45, 7) is 0.576. The van der Waals surface area contributed by atoms with Crippen LogP contribution in [-0.2, 0) is 6.42 Å². The number of ether oxygens (including phenoxy) is 1. The number of nitrogens with two attached hydrogens (primary N) is 1. The normalized spacial score (nSPS) is 19.3. The first-order valence-corrected chi connectivity index (χ1v) is 8.82. The smallest absolute Gasteiger partial charge is 0.254 e. The molecular weight excluding hydrogens is 335 g/mol. The molecule has 6 heteroatoms. The van der Waals surface area contributed by atoms with Gasteiger partial charge in [-0.2, -0.15) is 0 Å². The molecule has 3 rings (SSSR count). The van der Waals surface area contributed by atoms with Gasteiger partial charge < -0.3 is 20.9 Å². The van der Waals surface area contributed by atoms with Gasteiger partial charge in [-0.25, -0.2) is 4.39 Å². The van der Waals surface area contributed by atoms with E-state index in [2.05, 4.69) is 5.32 Å². The molecule has 138 valence electrons. The molecule has 1 amide bonds. The van der Waals surface area contributed by atoms with Gasteiger partial charge in [-0.05, 0) is 68.1 Å². The fourth-order valence-corrected chi connectivity index (χ4v) is 3.12. The van der Waals surface area contributed by atoms with E-state index in [1.807, 2.05) is 24.3 Å². The maximum absolute atomic E-state index is 14.1. The number of aliphatic hydroxyl groups excluding tert-OH is 1. The molecule has 1 saturated carbocycles. The first-order valence-electron chi connectivity index (χ1n) is 8.82. The fraction of sp³-hybridized carbons (Fsp3) is 0.350. The molecule has 2 atom stereocenters. The zero-order chi connectivity index (χ0) is 18.5. The molecule has 0 radical (unpaired) electrons. The Balaban J connectivity index is 1.71. The predicted octanol–water partition coefficient (Wildman–Crippen LogP) is 2.76. The van der Waals surface area contributed by atoms with Gasteiger partial charge in [0.1, 0.15) is 17.3 Å². The Morgan fingerprint density at radius 1 is 1.19 bits per heavy atom. The second-order valence-corrected chi connectivity index (χ2v) is 6.50. The van der Waals surface area contributed by atoms with E-state index in [4.69, 9.17) is 10.5 Å². The van der Waals surface area contributed by atoms with Crippen LogP contribution in [0.4, 0.5) is 4.39 Å². The van der Waals surface area contributed by atoms with Crippen LogP contribution in [0.15, 0.2) is 42.5 Å². The lowest BCUT2D eigenvalue weighted by molar-refractivity contribution is 0.0869. The van der Waals surface area contributed by atoms with E-state index in [1.54, 1.807) is 0 Å². The van der Waals surface area contributed by atoms with Crippen molar-refractivity contribution in [2.45, 2.75) is 37.8 Å². The Labute approximate surface area is 152 Å². The zero-order valence-electron chi connectivity index (χ0n) is 14.5. The third kappa shape index (κ3) is 4.39. The summed E-state index contributed by atoms with van der Waals surface area (Å²) < 4.78 is 19.8. The van der Waals surface area contributed by atoms with E-state index in [-0.39, 0.29) is 11.6 Å². The minimum Gasteiger partial charge on any atom is -0.457 e. The number of carbonyl (C=O) groups is 1. The van der Waals surface area contributed by atoms with E-state index in [1.165, 1.54) is 18.2 Å². The van der Waals surface area contributed by atoms with Crippen molar-refractivity contribution in [3.63, 3.8) is 0 Å². The van der Waals surface area contributed by atoms with E-state index in [9.17, 15) is 14.3 Å². The van der Waals surface area contributed by atoms with Gasteiger partial charge in [0, 0.05) is 0 Å². The predicted molar refractivity (Wildman–Crippen MR) is 96.8 cm³/mol. The molecule has 0 saturated heterocycles. The average molecular weight is 358 g/mol. The third-order valence-corrected chi connectivity index (χ3v) is 4.57. The molecule has 5 nitrogen and oxygen atoms in total. The van der Waals surface area contributed by atoms with E-state index >= 15 is 0 Å². The van der Waals surface area contributed by atoms with Gasteiger partial charge in [-0.15, -0.1) is 0 Å². The quantitative estimate of drug-likeness (QED) is 0.741. The molecule has 0 spiro atoms. The number of halogens is 1. The van der Waals surface area contributed by atoms with Crippen molar-refractivity contribution in [3.05, 3.63) is 59.4 Å². The van der Waals surface area contributed by atoms with Crippen molar-refractivity contribution in [1.82, 2.24) is 5.32 Å². The Kier molecular flexibility index (Phi) is 5.85. The van der Waals surface area contributed by atoms with Crippen LogP contribution < -0.4 is 15.8 Å². The van der Waals surface area contributed by atoms with E-state index < -0.39 is 17.8 Å². The van der Waals surface area contributed by atoms with E-state index in [0.29, 0.717) is 30.9 Å². The number of hydrogen-bond acceptors (Lipinski definition) is 4. The Morgan fingerprint density at radius 2 is 1.92 bits per heavy atom. The molecule has 1 aliphatic carbocycles. The van der Waals surface area contributed by atoms with Crippen LogP contribution in [0.3, 0.4) is 0 Å². The summed E-state index contributed by atoms with van der Waals surface area (Å²) in [7, 11) is 0. The molecule has 0 aromatic heterocycles. The maximum Gasteiger partial charge on any atom is 0.254 e. The van der Waals surface area contributed by atoms with Crippen LogP contribution in [0.25, 0.3) is 0 Å². The highest BCUT2D eigenvalue weighted by atomic mass is 19.1. The first kappa shape index (κ1) is 18.4. The summed E-state index contributed by atoms with van der Waals surface area (Å²) in [6.07, 6.45) is 2.40. The fourth-order valence-electron chi connectivity index (χ4n) is 3.12. The number of aliphatic hydroxyl groups is 1. The van der Waals surface area contributed by atoms with Crippen molar-refractivity contribution in [1.29, 1.82) is 0 Å². The molecule has 2 aromatic carbocycles. The van der Waals surface area contributed by atoms with Crippen LogP contribution in [0.5, 0.6) is 11.5 Å². The number of rotatable bonds is 6. The molecule has 1 fully saturated rings. The lowest BCUT2D eigenvalue weighted by Crippen LogP contribution is -2.40. The number of nitrogens with one attached hydrogen (secondary N) is 1. The average Bonchev–Trinajstić information content (AvgIpc) is 3.03. The second-order valence-electron chi connectivity index (χ2n) is 6.50. The minimum absolute atomic E-state index is 0.0960. The van der Waals surface area contributed by atoms with Gasteiger partial charge in [0.05, 0.1) is 17.7 Å². The van der Waals surface area contributed by atoms with Gasteiger partial charge in [-0.1, -0.05) is 12.1 Å². The number of benzene rings is 2. The Morgan fingerprint density at radius 3 is 2.58 bits per heavy atom. The molecule has 2 aromatic rings. The topological polar surface area (TPSA) is 84.6 Å². The van der Waals surface area contributed by atoms with Crippen molar-refractivity contribution >= 4 is 5.91 Å². The Bertz CT molecular complexity index is 764. The van der Waals surface area contributed by atoms with Crippen molar-refractivity contribution in [3.8, 4) is 11.5 Å². The molecule has 0 aliphatic heterocycles. The molecule has 0 bridgehead atoms. The minimum atomic E-state index is -0.624. The van der Waals surface area contributed by atoms with Crippen LogP contribution in [0.2, 0.25) is 0 Å². The van der Waals surface area contributed by atoms with E-state index in [0.717, 1.165) is 18.4 Å². The number of carbonyl (C=O) groups excluding carboxylic acids is 1. The first-order chi connectivity index (χ1) is 12.6. The highest BCUT2D eigenvalue weighted by Crippen LogP contribution is 2.25. The largest absolute Gasteiger partial charge is 0.457 e. The Hall–Kier alpha value is -2.44. The van der Waals surface area contributed by atoms with Crippen LogP contribution in [0, 0.1) is 5.82 Å². The zero-order valence-corrected chi connectivity index (χ0v) is 14.5. The molecule has 1 aliphatic rings. The summed E-state index contributed by atoms with van der Waals surface area (Å²) in [4.78, 5) is 12.4. The van der Waals surface area contributed by atoms with Crippen LogP contribution >= 0.6 is 0 Å². The molecule has 0 heterocycles. The van der Waals surface area contributed by atoms with Gasteiger partial charge >= 0.3 is 0 Å². The second kappa shape index (κ2) is 8.29. The van der Waals surface area contributed by atoms with Crippen LogP contribution in [0.1, 0.15) is 35.2 Å². The third-order valence-electron chi connectivity index (χ3n) is 4.57. The molecule has 4 N–H and O–H groups in total. The summed E-state index contributed by atoms with van der Waals surface area (Å²) in [6, 6.07) is 11.2. The molecule has 0 unspecified atom stereocenters. The van der Waals surface area contributed by atoms with Gasteiger partial charge in [0.15, 0.2) is 0 Å². The lowest BCUT2D eigenvalue weighted by atomic mass is 10.1. The summed E-state index contributed by atoms with van der Waals surface area (Å²) in [5, 5.41) is 12.5. The van der Waals surface area contributed by atoms with Gasteiger partial charge in [0.25, 0.3) is 5.91 Å². The summed E-state index contributed by atoms with van der Waals surface area (Å²) in [5.74, 6) is -0.206. The van der Waals surface area contributed by atoms with Crippen molar-refractivity contribution < 1.29 is 19.0 Å². The number of amides is 1. The SMILES string of the molecule is NCCc1ccc(Oc2ccc(F)c(C(=O)N[C@H]3CCC[C@@H]3O)c2)cc1. The summed E-state index contributed by atoms with van der Waals surface area (Å²) in [5.41, 5.74) is 6.54. The summed E-state index contributed by atoms with van der Waals surface area (Å²) >= 11 is 0. The van der Waals surface area contributed by atoms with Crippen LogP contribution in [-0.4, -0.2) is 29.7 Å². The standard InChI is InChI=1S/C20H23FN2O3/c21-17-9-8-15(26-14-6-4-13(5-7-14)10-11-22)12-16(17)20(25)23-18-2-1-3-19(18)24/h4-9,12,18-19,24H,1-3,10-11,22H2,(H,23,25)/t18-,19-/m0/s1.